The summed E-state index contributed by atoms with van der Waals surface area (Å²) < 4.78 is 10.9. The smallest absolute Gasteiger partial charge is 0.255 e. The van der Waals surface area contributed by atoms with Gasteiger partial charge in [-0.05, 0) is 49.2 Å². The van der Waals surface area contributed by atoms with E-state index in [9.17, 15) is 9.59 Å². The fourth-order valence-electron chi connectivity index (χ4n) is 3.74. The summed E-state index contributed by atoms with van der Waals surface area (Å²) in [5.74, 6) is -0.466. The maximum absolute atomic E-state index is 12.7. The van der Waals surface area contributed by atoms with Gasteiger partial charge in [0.1, 0.15) is 0 Å². The molecule has 2 aliphatic rings. The Balaban J connectivity index is 1.39. The molecular formula is C23H27N3O4. The molecule has 0 aromatic heterocycles. The number of ether oxygens (including phenoxy) is 2. The summed E-state index contributed by atoms with van der Waals surface area (Å²) in [5, 5.41) is 5.78. The molecule has 7 heteroatoms. The van der Waals surface area contributed by atoms with Crippen LogP contribution in [0.15, 0.2) is 48.5 Å². The zero-order chi connectivity index (χ0) is 20.8. The lowest BCUT2D eigenvalue weighted by Crippen LogP contribution is -2.36. The second-order valence-corrected chi connectivity index (χ2v) is 7.49. The second-order valence-electron chi connectivity index (χ2n) is 7.49. The van der Waals surface area contributed by atoms with Gasteiger partial charge in [0.05, 0.1) is 30.6 Å². The van der Waals surface area contributed by atoms with E-state index in [-0.39, 0.29) is 17.9 Å². The van der Waals surface area contributed by atoms with Gasteiger partial charge in [0.25, 0.3) is 11.8 Å². The number of morpholine rings is 1. The third kappa shape index (κ3) is 4.98. The van der Waals surface area contributed by atoms with Gasteiger partial charge in [-0.15, -0.1) is 0 Å². The molecule has 0 bridgehead atoms. The van der Waals surface area contributed by atoms with Crippen molar-refractivity contribution in [2.75, 3.05) is 49.7 Å². The van der Waals surface area contributed by atoms with E-state index < -0.39 is 0 Å². The Bertz CT molecular complexity index is 872. The maximum atomic E-state index is 12.7. The fourth-order valence-corrected chi connectivity index (χ4v) is 3.74. The molecule has 0 radical (unpaired) electrons. The Kier molecular flexibility index (Phi) is 6.61. The number of carbonyl (C=O) groups is 2. The largest absolute Gasteiger partial charge is 0.378 e. The van der Waals surface area contributed by atoms with Crippen molar-refractivity contribution in [3.05, 3.63) is 59.7 Å². The van der Waals surface area contributed by atoms with Crippen LogP contribution in [0.3, 0.4) is 0 Å². The molecule has 2 saturated heterocycles. The summed E-state index contributed by atoms with van der Waals surface area (Å²) in [7, 11) is 0. The monoisotopic (exact) mass is 409 g/mol. The average molecular weight is 409 g/mol. The van der Waals surface area contributed by atoms with E-state index in [2.05, 4.69) is 15.5 Å². The summed E-state index contributed by atoms with van der Waals surface area (Å²) in [4.78, 5) is 27.6. The highest BCUT2D eigenvalue weighted by molar-refractivity contribution is 6.09. The SMILES string of the molecule is O=C(Nc1ccccc1C(=O)NCC1CCCO1)c1ccc(N2CCOCC2)cc1. The predicted molar refractivity (Wildman–Crippen MR) is 115 cm³/mol. The Morgan fingerprint density at radius 2 is 1.73 bits per heavy atom. The minimum atomic E-state index is -0.247. The molecule has 2 amide bonds. The molecule has 4 rings (SSSR count). The van der Waals surface area contributed by atoms with Crippen molar-refractivity contribution in [1.29, 1.82) is 0 Å². The van der Waals surface area contributed by atoms with E-state index >= 15 is 0 Å². The molecule has 30 heavy (non-hydrogen) atoms. The highest BCUT2D eigenvalue weighted by Gasteiger charge is 2.19. The van der Waals surface area contributed by atoms with Crippen molar-refractivity contribution >= 4 is 23.2 Å². The van der Waals surface area contributed by atoms with Gasteiger partial charge in [-0.1, -0.05) is 12.1 Å². The number of anilines is 2. The van der Waals surface area contributed by atoms with Gasteiger partial charge in [-0.3, -0.25) is 9.59 Å². The zero-order valence-electron chi connectivity index (χ0n) is 16.9. The summed E-state index contributed by atoms with van der Waals surface area (Å²) in [6.07, 6.45) is 2.05. The van der Waals surface area contributed by atoms with E-state index in [1.165, 1.54) is 0 Å². The average Bonchev–Trinajstić information content (AvgIpc) is 3.32. The van der Waals surface area contributed by atoms with Crippen LogP contribution in [0, 0.1) is 0 Å². The Hall–Kier alpha value is -2.90. The lowest BCUT2D eigenvalue weighted by atomic mass is 10.1. The molecule has 0 saturated carbocycles. The number of para-hydroxylation sites is 1. The van der Waals surface area contributed by atoms with Gasteiger partial charge in [0.15, 0.2) is 0 Å². The van der Waals surface area contributed by atoms with Crippen LogP contribution in [0.25, 0.3) is 0 Å². The van der Waals surface area contributed by atoms with Crippen LogP contribution in [0.2, 0.25) is 0 Å². The van der Waals surface area contributed by atoms with Gasteiger partial charge in [0.2, 0.25) is 0 Å². The minimum Gasteiger partial charge on any atom is -0.378 e. The van der Waals surface area contributed by atoms with Crippen LogP contribution in [-0.2, 0) is 9.47 Å². The number of nitrogens with one attached hydrogen (secondary N) is 2. The van der Waals surface area contributed by atoms with Gasteiger partial charge in [0, 0.05) is 37.5 Å². The minimum absolute atomic E-state index is 0.0701. The van der Waals surface area contributed by atoms with Crippen LogP contribution in [0.4, 0.5) is 11.4 Å². The van der Waals surface area contributed by atoms with E-state index in [0.717, 1.165) is 38.2 Å². The molecule has 0 aliphatic carbocycles. The lowest BCUT2D eigenvalue weighted by molar-refractivity contribution is 0.0858. The number of amides is 2. The lowest BCUT2D eigenvalue weighted by Gasteiger charge is -2.28. The summed E-state index contributed by atoms with van der Waals surface area (Å²) in [6.45, 7) is 4.35. The number of hydrogen-bond donors (Lipinski definition) is 2. The van der Waals surface area contributed by atoms with Crippen molar-refractivity contribution in [1.82, 2.24) is 5.32 Å². The molecule has 2 aliphatic heterocycles. The zero-order valence-corrected chi connectivity index (χ0v) is 16.9. The van der Waals surface area contributed by atoms with Crippen LogP contribution in [-0.4, -0.2) is 57.4 Å². The molecule has 0 spiro atoms. The van der Waals surface area contributed by atoms with Crippen molar-refractivity contribution in [2.45, 2.75) is 18.9 Å². The molecule has 2 heterocycles. The fraction of sp³-hybridized carbons (Fsp3) is 0.391. The third-order valence-corrected chi connectivity index (χ3v) is 5.44. The first-order chi connectivity index (χ1) is 14.7. The predicted octanol–water partition coefficient (Wildman–Crippen LogP) is 2.68. The molecule has 1 unspecified atom stereocenters. The molecule has 158 valence electrons. The van der Waals surface area contributed by atoms with Gasteiger partial charge < -0.3 is 25.0 Å². The number of benzene rings is 2. The molecule has 2 aromatic carbocycles. The van der Waals surface area contributed by atoms with Crippen molar-refractivity contribution < 1.29 is 19.1 Å². The van der Waals surface area contributed by atoms with Gasteiger partial charge in [-0.25, -0.2) is 0 Å². The van der Waals surface area contributed by atoms with E-state index in [4.69, 9.17) is 9.47 Å². The third-order valence-electron chi connectivity index (χ3n) is 5.44. The Morgan fingerprint density at radius 1 is 0.967 bits per heavy atom. The summed E-state index contributed by atoms with van der Waals surface area (Å²) in [5.41, 5.74) is 2.55. The topological polar surface area (TPSA) is 79.9 Å². The first-order valence-electron chi connectivity index (χ1n) is 10.4. The molecule has 1 atom stereocenters. The van der Waals surface area contributed by atoms with Crippen molar-refractivity contribution in [3.63, 3.8) is 0 Å². The van der Waals surface area contributed by atoms with Crippen LogP contribution >= 0.6 is 0 Å². The Morgan fingerprint density at radius 3 is 2.47 bits per heavy atom. The van der Waals surface area contributed by atoms with Crippen molar-refractivity contribution in [2.24, 2.45) is 0 Å². The van der Waals surface area contributed by atoms with Gasteiger partial charge >= 0.3 is 0 Å². The number of nitrogens with zero attached hydrogens (tertiary/aromatic N) is 1. The second kappa shape index (κ2) is 9.73. The molecular weight excluding hydrogens is 382 g/mol. The van der Waals surface area contributed by atoms with E-state index in [0.29, 0.717) is 36.6 Å². The molecule has 7 nitrogen and oxygen atoms in total. The Labute approximate surface area is 176 Å². The molecule has 2 aromatic rings. The van der Waals surface area contributed by atoms with E-state index in [1.807, 2.05) is 12.1 Å². The van der Waals surface area contributed by atoms with Crippen LogP contribution in [0.5, 0.6) is 0 Å². The highest BCUT2D eigenvalue weighted by atomic mass is 16.5. The van der Waals surface area contributed by atoms with Crippen LogP contribution < -0.4 is 15.5 Å². The number of carbonyl (C=O) groups excluding carboxylic acids is 2. The molecule has 2 fully saturated rings. The quantitative estimate of drug-likeness (QED) is 0.767. The summed E-state index contributed by atoms with van der Waals surface area (Å²) in [6, 6.07) is 14.5. The first kappa shape index (κ1) is 20.4. The number of rotatable bonds is 6. The number of hydrogen-bond acceptors (Lipinski definition) is 5. The van der Waals surface area contributed by atoms with Crippen LogP contribution in [0.1, 0.15) is 33.6 Å². The van der Waals surface area contributed by atoms with Gasteiger partial charge in [-0.2, -0.15) is 0 Å². The maximum Gasteiger partial charge on any atom is 0.255 e. The highest BCUT2D eigenvalue weighted by Crippen LogP contribution is 2.20. The summed E-state index contributed by atoms with van der Waals surface area (Å²) >= 11 is 0. The first-order valence-corrected chi connectivity index (χ1v) is 10.4. The van der Waals surface area contributed by atoms with E-state index in [1.54, 1.807) is 36.4 Å². The van der Waals surface area contributed by atoms with Crippen molar-refractivity contribution in [3.8, 4) is 0 Å². The molecule has 2 N–H and O–H groups in total. The normalized spacial score (nSPS) is 18.8. The standard InChI is InChI=1S/C23H27N3O4/c27-22(17-7-9-18(10-8-17)26-11-14-29-15-12-26)25-21-6-2-1-5-20(21)23(28)24-16-19-4-3-13-30-19/h1-2,5-10,19H,3-4,11-16H2,(H,24,28)(H,25,27).